The molecule has 0 aliphatic heterocycles. The van der Waals surface area contributed by atoms with Crippen molar-refractivity contribution < 1.29 is 9.84 Å². The number of aliphatic hydroxyl groups is 1. The van der Waals surface area contributed by atoms with Gasteiger partial charge in [-0.2, -0.15) is 0 Å². The van der Waals surface area contributed by atoms with Gasteiger partial charge in [-0.25, -0.2) is 0 Å². The van der Waals surface area contributed by atoms with Gasteiger partial charge in [0.15, 0.2) is 0 Å². The van der Waals surface area contributed by atoms with Crippen LogP contribution in [0.3, 0.4) is 0 Å². The van der Waals surface area contributed by atoms with Crippen molar-refractivity contribution in [3.8, 4) is 0 Å². The zero-order valence-corrected chi connectivity index (χ0v) is 9.80. The predicted molar refractivity (Wildman–Crippen MR) is 59.7 cm³/mol. The van der Waals surface area contributed by atoms with Gasteiger partial charge in [-0.3, -0.25) is 0 Å². The lowest BCUT2D eigenvalue weighted by molar-refractivity contribution is -0.0162. The summed E-state index contributed by atoms with van der Waals surface area (Å²) in [6.45, 7) is 4.14. The molecule has 0 radical (unpaired) electrons. The van der Waals surface area contributed by atoms with Crippen LogP contribution >= 0.6 is 11.3 Å². The molecule has 1 heterocycles. The number of ether oxygens (including phenoxy) is 1. The van der Waals surface area contributed by atoms with Crippen molar-refractivity contribution in [3.63, 3.8) is 0 Å². The van der Waals surface area contributed by atoms with Gasteiger partial charge >= 0.3 is 0 Å². The average molecular weight is 214 g/mol. The van der Waals surface area contributed by atoms with E-state index in [1.165, 1.54) is 4.88 Å². The Morgan fingerprint density at radius 2 is 2.21 bits per heavy atom. The molecule has 0 aromatic carbocycles. The second-order valence-electron chi connectivity index (χ2n) is 3.46. The van der Waals surface area contributed by atoms with E-state index in [2.05, 4.69) is 6.92 Å². The third-order valence-electron chi connectivity index (χ3n) is 2.28. The van der Waals surface area contributed by atoms with Crippen LogP contribution in [0.2, 0.25) is 0 Å². The van der Waals surface area contributed by atoms with Gasteiger partial charge in [0.1, 0.15) is 6.10 Å². The number of rotatable bonds is 5. The number of hydrogen-bond acceptors (Lipinski definition) is 3. The minimum absolute atomic E-state index is 0.0713. The second kappa shape index (κ2) is 5.49. The molecule has 0 saturated heterocycles. The minimum Gasteiger partial charge on any atom is -0.385 e. The van der Waals surface area contributed by atoms with Crippen LogP contribution < -0.4 is 0 Å². The van der Waals surface area contributed by atoms with Crippen LogP contribution in [-0.2, 0) is 4.74 Å². The molecule has 0 bridgehead atoms. The summed E-state index contributed by atoms with van der Waals surface area (Å²) in [4.78, 5) is 2.23. The first-order valence-corrected chi connectivity index (χ1v) is 5.77. The molecule has 80 valence electrons. The van der Waals surface area contributed by atoms with E-state index in [1.54, 1.807) is 18.4 Å². The first-order valence-electron chi connectivity index (χ1n) is 4.96. The third-order valence-corrected chi connectivity index (χ3v) is 3.35. The van der Waals surface area contributed by atoms with Crippen molar-refractivity contribution in [2.75, 3.05) is 7.11 Å². The molecule has 2 unspecified atom stereocenters. The van der Waals surface area contributed by atoms with E-state index in [1.807, 2.05) is 19.1 Å². The first-order chi connectivity index (χ1) is 6.69. The largest absolute Gasteiger partial charge is 0.385 e. The molecule has 3 heteroatoms. The Labute approximate surface area is 89.5 Å². The fraction of sp³-hybridized carbons (Fsp3) is 0.636. The molecule has 14 heavy (non-hydrogen) atoms. The van der Waals surface area contributed by atoms with Crippen LogP contribution in [-0.4, -0.2) is 18.3 Å². The van der Waals surface area contributed by atoms with Crippen molar-refractivity contribution in [2.45, 2.75) is 38.9 Å². The van der Waals surface area contributed by atoms with Crippen molar-refractivity contribution in [3.05, 3.63) is 21.9 Å². The van der Waals surface area contributed by atoms with Gasteiger partial charge in [0.2, 0.25) is 0 Å². The fourth-order valence-corrected chi connectivity index (χ4v) is 2.40. The molecule has 1 aromatic heterocycles. The summed E-state index contributed by atoms with van der Waals surface area (Å²) >= 11 is 1.64. The number of aliphatic hydroxyl groups excluding tert-OH is 1. The Balaban J connectivity index is 2.66. The van der Waals surface area contributed by atoms with Gasteiger partial charge in [-0.1, -0.05) is 13.3 Å². The highest BCUT2D eigenvalue weighted by Crippen LogP contribution is 2.27. The van der Waals surface area contributed by atoms with E-state index in [4.69, 9.17) is 4.74 Å². The summed E-state index contributed by atoms with van der Waals surface area (Å²) in [5.74, 6) is 0. The molecule has 0 spiro atoms. The lowest BCUT2D eigenvalue weighted by atomic mass is 10.1. The summed E-state index contributed by atoms with van der Waals surface area (Å²) in [5, 5.41) is 10.0. The van der Waals surface area contributed by atoms with Gasteiger partial charge in [0, 0.05) is 16.9 Å². The maximum Gasteiger partial charge on any atom is 0.114 e. The van der Waals surface area contributed by atoms with Gasteiger partial charge < -0.3 is 9.84 Å². The standard InChI is InChI=1S/C11H18O2S/c1-4-5-9(13-3)11(12)10-7-6-8(2)14-10/h6-7,9,11-12H,4-5H2,1-3H3. The van der Waals surface area contributed by atoms with Crippen molar-refractivity contribution >= 4 is 11.3 Å². The Bertz CT molecular complexity index is 270. The highest BCUT2D eigenvalue weighted by atomic mass is 32.1. The molecule has 2 nitrogen and oxygen atoms in total. The Hall–Kier alpha value is -0.380. The second-order valence-corrected chi connectivity index (χ2v) is 4.78. The number of thiophene rings is 1. The van der Waals surface area contributed by atoms with Gasteiger partial charge in [0.25, 0.3) is 0 Å². The molecule has 1 N–H and O–H groups in total. The lowest BCUT2D eigenvalue weighted by Gasteiger charge is -2.19. The molecule has 2 atom stereocenters. The van der Waals surface area contributed by atoms with E-state index in [0.29, 0.717) is 0 Å². The van der Waals surface area contributed by atoms with Crippen molar-refractivity contribution in [1.29, 1.82) is 0 Å². The quantitative estimate of drug-likeness (QED) is 0.816. The maximum absolute atomic E-state index is 10.0. The maximum atomic E-state index is 10.0. The summed E-state index contributed by atoms with van der Waals surface area (Å²) in [5.41, 5.74) is 0. The normalized spacial score (nSPS) is 15.4. The smallest absolute Gasteiger partial charge is 0.114 e. The lowest BCUT2D eigenvalue weighted by Crippen LogP contribution is -2.19. The van der Waals surface area contributed by atoms with Gasteiger partial charge in [0.05, 0.1) is 6.10 Å². The zero-order valence-electron chi connectivity index (χ0n) is 8.99. The summed E-state index contributed by atoms with van der Waals surface area (Å²) in [7, 11) is 1.66. The Morgan fingerprint density at radius 3 is 2.64 bits per heavy atom. The molecule has 0 fully saturated rings. The van der Waals surface area contributed by atoms with E-state index in [0.717, 1.165) is 17.7 Å². The minimum atomic E-state index is -0.473. The van der Waals surface area contributed by atoms with Crippen LogP contribution in [0.1, 0.15) is 35.6 Å². The average Bonchev–Trinajstić information content (AvgIpc) is 2.60. The van der Waals surface area contributed by atoms with Crippen LogP contribution in [0.15, 0.2) is 12.1 Å². The summed E-state index contributed by atoms with van der Waals surface area (Å²) in [6.07, 6.45) is 1.38. The topological polar surface area (TPSA) is 29.5 Å². The molecule has 0 saturated carbocycles. The first kappa shape index (κ1) is 11.7. The number of aryl methyl sites for hydroxylation is 1. The molecule has 1 rings (SSSR count). The number of hydrogen-bond donors (Lipinski definition) is 1. The molecular formula is C11H18O2S. The van der Waals surface area contributed by atoms with Crippen molar-refractivity contribution in [1.82, 2.24) is 0 Å². The van der Waals surface area contributed by atoms with E-state index in [9.17, 15) is 5.11 Å². The highest BCUT2D eigenvalue weighted by molar-refractivity contribution is 7.12. The molecule has 0 aliphatic rings. The fourth-order valence-electron chi connectivity index (χ4n) is 1.48. The van der Waals surface area contributed by atoms with E-state index < -0.39 is 6.10 Å². The Morgan fingerprint density at radius 1 is 1.50 bits per heavy atom. The van der Waals surface area contributed by atoms with E-state index in [-0.39, 0.29) is 6.10 Å². The molecule has 0 aliphatic carbocycles. The highest BCUT2D eigenvalue weighted by Gasteiger charge is 2.20. The molecular weight excluding hydrogens is 196 g/mol. The van der Waals surface area contributed by atoms with Gasteiger partial charge in [-0.05, 0) is 25.5 Å². The monoisotopic (exact) mass is 214 g/mol. The van der Waals surface area contributed by atoms with Crippen LogP contribution in [0, 0.1) is 6.92 Å². The third kappa shape index (κ3) is 2.80. The van der Waals surface area contributed by atoms with Crippen LogP contribution in [0.5, 0.6) is 0 Å². The SMILES string of the molecule is CCCC(OC)C(O)c1ccc(C)s1. The number of methoxy groups -OCH3 is 1. The van der Waals surface area contributed by atoms with Crippen molar-refractivity contribution in [2.24, 2.45) is 0 Å². The van der Waals surface area contributed by atoms with Crippen LogP contribution in [0.25, 0.3) is 0 Å². The zero-order chi connectivity index (χ0) is 10.6. The molecule has 0 amide bonds. The summed E-state index contributed by atoms with van der Waals surface area (Å²) in [6, 6.07) is 4.01. The molecule has 1 aromatic rings. The summed E-state index contributed by atoms with van der Waals surface area (Å²) < 4.78 is 5.27. The van der Waals surface area contributed by atoms with E-state index >= 15 is 0 Å². The van der Waals surface area contributed by atoms with Gasteiger partial charge in [-0.15, -0.1) is 11.3 Å². The van der Waals surface area contributed by atoms with Crippen LogP contribution in [0.4, 0.5) is 0 Å². The Kier molecular flexibility index (Phi) is 4.58. The predicted octanol–water partition coefficient (Wildman–Crippen LogP) is 2.91.